The molecule has 0 saturated heterocycles. The van der Waals surface area contributed by atoms with Gasteiger partial charge in [-0.2, -0.15) is 5.26 Å². The molecule has 0 aliphatic rings. The van der Waals surface area contributed by atoms with E-state index in [0.717, 1.165) is 16.7 Å². The zero-order valence-electron chi connectivity index (χ0n) is 12.6. The Morgan fingerprint density at radius 3 is 2.00 bits per heavy atom. The van der Waals surface area contributed by atoms with Gasteiger partial charge in [-0.3, -0.25) is 4.79 Å². The molecule has 0 spiro atoms. The van der Waals surface area contributed by atoms with Gasteiger partial charge < -0.3 is 0 Å². The van der Waals surface area contributed by atoms with E-state index in [-0.39, 0.29) is 11.4 Å². The number of nitrogens with zero attached hydrogens (tertiary/aromatic N) is 1. The molecular formula is C17H21NO. The van der Waals surface area contributed by atoms with Crippen LogP contribution in [0.15, 0.2) is 17.7 Å². The minimum atomic E-state index is -0.534. The maximum Gasteiger partial charge on any atom is 0.178 e. The maximum absolute atomic E-state index is 12.2. The Hall–Kier alpha value is -1.88. The van der Waals surface area contributed by atoms with Crippen LogP contribution in [0, 0.1) is 37.5 Å². The first kappa shape index (κ1) is 15.2. The second-order valence-electron chi connectivity index (χ2n) is 6.06. The van der Waals surface area contributed by atoms with E-state index in [1.54, 1.807) is 6.08 Å². The van der Waals surface area contributed by atoms with Gasteiger partial charge in [0.15, 0.2) is 5.78 Å². The van der Waals surface area contributed by atoms with Crippen molar-refractivity contribution in [1.29, 1.82) is 5.26 Å². The van der Waals surface area contributed by atoms with Crippen molar-refractivity contribution in [2.24, 2.45) is 5.41 Å². The van der Waals surface area contributed by atoms with Crippen LogP contribution >= 0.6 is 0 Å². The van der Waals surface area contributed by atoms with Crippen molar-refractivity contribution < 1.29 is 4.79 Å². The highest BCUT2D eigenvalue weighted by atomic mass is 16.1. The van der Waals surface area contributed by atoms with Crippen molar-refractivity contribution in [2.75, 3.05) is 0 Å². The summed E-state index contributed by atoms with van der Waals surface area (Å²) in [7, 11) is 0. The number of ketones is 1. The van der Waals surface area contributed by atoms with Crippen molar-refractivity contribution in [1.82, 2.24) is 0 Å². The minimum Gasteiger partial charge on any atom is -0.293 e. The van der Waals surface area contributed by atoms with Gasteiger partial charge >= 0.3 is 0 Å². The number of hydrogen-bond acceptors (Lipinski definition) is 2. The molecule has 0 radical (unpaired) electrons. The van der Waals surface area contributed by atoms with E-state index >= 15 is 0 Å². The topological polar surface area (TPSA) is 40.9 Å². The van der Waals surface area contributed by atoms with Crippen LogP contribution in [0.1, 0.15) is 43.0 Å². The lowest BCUT2D eigenvalue weighted by atomic mass is 9.85. The number of aryl methyl sites for hydroxylation is 3. The van der Waals surface area contributed by atoms with Gasteiger partial charge in [-0.05, 0) is 43.5 Å². The normalized spacial score (nSPS) is 12.2. The van der Waals surface area contributed by atoms with Crippen molar-refractivity contribution >= 4 is 11.9 Å². The number of hydrogen-bond donors (Lipinski definition) is 0. The Balaban J connectivity index is 3.36. The van der Waals surface area contributed by atoms with Crippen LogP contribution in [-0.4, -0.2) is 5.78 Å². The summed E-state index contributed by atoms with van der Waals surface area (Å²) in [5, 5.41) is 9.22. The SMILES string of the molecule is Cc1cc(C)c(/C=C(\C#N)C(=O)C(C)(C)C)c(C)c1. The lowest BCUT2D eigenvalue weighted by Crippen LogP contribution is -2.21. The lowest BCUT2D eigenvalue weighted by Gasteiger charge is -2.16. The molecule has 100 valence electrons. The van der Waals surface area contributed by atoms with Gasteiger partial charge in [0.1, 0.15) is 6.07 Å². The van der Waals surface area contributed by atoms with Gasteiger partial charge in [-0.1, -0.05) is 38.5 Å². The molecule has 0 aliphatic heterocycles. The first-order chi connectivity index (χ1) is 8.66. The molecule has 0 aliphatic carbocycles. The third kappa shape index (κ3) is 3.54. The van der Waals surface area contributed by atoms with E-state index in [1.807, 2.05) is 47.6 Å². The van der Waals surface area contributed by atoms with Gasteiger partial charge in [0.25, 0.3) is 0 Å². The number of benzene rings is 1. The Bertz CT molecular complexity index is 557. The molecule has 0 aromatic heterocycles. The molecule has 0 amide bonds. The third-order valence-corrected chi connectivity index (χ3v) is 3.07. The van der Waals surface area contributed by atoms with Crippen LogP contribution in [0.25, 0.3) is 6.08 Å². The molecule has 0 unspecified atom stereocenters. The van der Waals surface area contributed by atoms with Crippen molar-refractivity contribution in [3.8, 4) is 6.07 Å². The number of carbonyl (C=O) groups is 1. The van der Waals surface area contributed by atoms with E-state index in [2.05, 4.69) is 12.1 Å². The Morgan fingerprint density at radius 1 is 1.16 bits per heavy atom. The molecule has 1 rings (SSSR count). The van der Waals surface area contributed by atoms with Crippen molar-refractivity contribution in [3.05, 3.63) is 40.0 Å². The number of carbonyl (C=O) groups excluding carboxylic acids is 1. The van der Waals surface area contributed by atoms with Crippen LogP contribution in [0.3, 0.4) is 0 Å². The van der Waals surface area contributed by atoms with Gasteiger partial charge in [-0.15, -0.1) is 0 Å². The summed E-state index contributed by atoms with van der Waals surface area (Å²) in [6.07, 6.45) is 1.72. The number of rotatable bonds is 2. The van der Waals surface area contributed by atoms with Crippen molar-refractivity contribution in [2.45, 2.75) is 41.5 Å². The number of allylic oxidation sites excluding steroid dienone is 1. The third-order valence-electron chi connectivity index (χ3n) is 3.07. The van der Waals surface area contributed by atoms with E-state index < -0.39 is 5.41 Å². The molecule has 2 heteroatoms. The second kappa shape index (κ2) is 5.40. The predicted molar refractivity (Wildman–Crippen MR) is 78.7 cm³/mol. The van der Waals surface area contributed by atoms with E-state index in [9.17, 15) is 10.1 Å². The quantitative estimate of drug-likeness (QED) is 0.589. The molecule has 0 bridgehead atoms. The average Bonchev–Trinajstić information content (AvgIpc) is 2.26. The Morgan fingerprint density at radius 2 is 1.63 bits per heavy atom. The molecule has 0 N–H and O–H groups in total. The average molecular weight is 255 g/mol. The zero-order valence-corrected chi connectivity index (χ0v) is 12.6. The van der Waals surface area contributed by atoms with Crippen LogP contribution in [0.4, 0.5) is 0 Å². The highest BCUT2D eigenvalue weighted by Gasteiger charge is 2.25. The summed E-state index contributed by atoms with van der Waals surface area (Å²) in [6.45, 7) is 11.5. The van der Waals surface area contributed by atoms with Gasteiger partial charge in [-0.25, -0.2) is 0 Å². The van der Waals surface area contributed by atoms with Crippen LogP contribution in [0.2, 0.25) is 0 Å². The van der Waals surface area contributed by atoms with Gasteiger partial charge in [0.2, 0.25) is 0 Å². The summed E-state index contributed by atoms with van der Waals surface area (Å²) >= 11 is 0. The molecule has 1 aromatic rings. The van der Waals surface area contributed by atoms with Gasteiger partial charge in [0.05, 0.1) is 5.57 Å². The highest BCUT2D eigenvalue weighted by Crippen LogP contribution is 2.24. The fraction of sp³-hybridized carbons (Fsp3) is 0.412. The Labute approximate surface area is 115 Å². The van der Waals surface area contributed by atoms with Crippen molar-refractivity contribution in [3.63, 3.8) is 0 Å². The highest BCUT2D eigenvalue weighted by molar-refractivity contribution is 6.06. The summed E-state index contributed by atoms with van der Waals surface area (Å²) in [6, 6.07) is 6.17. The molecule has 2 nitrogen and oxygen atoms in total. The zero-order chi connectivity index (χ0) is 14.8. The summed E-state index contributed by atoms with van der Waals surface area (Å²) < 4.78 is 0. The number of Topliss-reactive ketones (excluding diaryl/α,β-unsaturated/α-hetero) is 1. The Kier molecular flexibility index (Phi) is 4.32. The monoisotopic (exact) mass is 255 g/mol. The molecule has 19 heavy (non-hydrogen) atoms. The second-order valence-corrected chi connectivity index (χ2v) is 6.06. The molecule has 0 atom stereocenters. The smallest absolute Gasteiger partial charge is 0.178 e. The standard InChI is InChI=1S/C17H21NO/c1-11-7-12(2)15(13(3)8-11)9-14(10-18)16(19)17(4,5)6/h7-9H,1-6H3/b14-9+. The largest absolute Gasteiger partial charge is 0.293 e. The minimum absolute atomic E-state index is 0.116. The predicted octanol–water partition coefficient (Wildman–Crippen LogP) is 4.13. The van der Waals surface area contributed by atoms with Gasteiger partial charge in [0, 0.05) is 5.41 Å². The maximum atomic E-state index is 12.2. The van der Waals surface area contributed by atoms with Crippen LogP contribution in [0.5, 0.6) is 0 Å². The van der Waals surface area contributed by atoms with Crippen LogP contribution in [-0.2, 0) is 4.79 Å². The molecule has 0 heterocycles. The fourth-order valence-corrected chi connectivity index (χ4v) is 2.12. The fourth-order valence-electron chi connectivity index (χ4n) is 2.12. The number of nitriles is 1. The van der Waals surface area contributed by atoms with E-state index in [0.29, 0.717) is 0 Å². The van der Waals surface area contributed by atoms with Crippen LogP contribution < -0.4 is 0 Å². The lowest BCUT2D eigenvalue weighted by molar-refractivity contribution is -0.121. The first-order valence-electron chi connectivity index (χ1n) is 6.41. The van der Waals surface area contributed by atoms with E-state index in [1.165, 1.54) is 5.56 Å². The summed E-state index contributed by atoms with van der Waals surface area (Å²) in [5.74, 6) is -0.116. The molecular weight excluding hydrogens is 234 g/mol. The van der Waals surface area contributed by atoms with E-state index in [4.69, 9.17) is 0 Å². The molecule has 0 saturated carbocycles. The molecule has 1 aromatic carbocycles. The molecule has 0 fully saturated rings. The summed E-state index contributed by atoms with van der Waals surface area (Å²) in [5.41, 5.74) is 4.03. The summed E-state index contributed by atoms with van der Waals surface area (Å²) in [4.78, 5) is 12.2. The first-order valence-corrected chi connectivity index (χ1v) is 6.41.